The molecular formula is C11H14ClNO2S. The second-order valence-electron chi connectivity index (χ2n) is 3.33. The first kappa shape index (κ1) is 13.2. The number of Topliss-reactive ketones (excluding diaryl/α,β-unsaturated/α-hetero) is 1. The van der Waals surface area contributed by atoms with Crippen molar-refractivity contribution in [1.82, 2.24) is 5.32 Å². The van der Waals surface area contributed by atoms with Gasteiger partial charge < -0.3 is 5.32 Å². The quantitative estimate of drug-likeness (QED) is 0.799. The molecule has 0 radical (unpaired) electrons. The molecule has 0 bridgehead atoms. The smallest absolute Gasteiger partial charge is 0.219 e. The van der Waals surface area contributed by atoms with E-state index in [1.54, 1.807) is 12.1 Å². The number of rotatable bonds is 6. The first-order valence-electron chi connectivity index (χ1n) is 5.18. The van der Waals surface area contributed by atoms with E-state index in [-0.39, 0.29) is 11.7 Å². The molecule has 1 N–H and O–H groups in total. The fourth-order valence-corrected chi connectivity index (χ4v) is 2.29. The lowest BCUT2D eigenvalue weighted by molar-refractivity contribution is -0.121. The van der Waals surface area contributed by atoms with Crippen LogP contribution in [0.3, 0.4) is 0 Å². The first-order chi connectivity index (χ1) is 7.63. The average Bonchev–Trinajstić information content (AvgIpc) is 2.65. The molecule has 0 spiro atoms. The van der Waals surface area contributed by atoms with Crippen LogP contribution in [0.4, 0.5) is 0 Å². The van der Waals surface area contributed by atoms with E-state index in [1.165, 1.54) is 11.3 Å². The number of ketones is 1. The molecule has 1 aromatic rings. The molecule has 0 saturated heterocycles. The number of carbonyl (C=O) groups is 2. The van der Waals surface area contributed by atoms with Crippen molar-refractivity contribution >= 4 is 34.6 Å². The molecule has 16 heavy (non-hydrogen) atoms. The van der Waals surface area contributed by atoms with Gasteiger partial charge in [0.1, 0.15) is 0 Å². The van der Waals surface area contributed by atoms with Crippen molar-refractivity contribution in [3.63, 3.8) is 0 Å². The predicted molar refractivity (Wildman–Crippen MR) is 66.2 cm³/mol. The summed E-state index contributed by atoms with van der Waals surface area (Å²) in [6, 6.07) is 3.44. The Kier molecular flexibility index (Phi) is 5.49. The third-order valence-corrected chi connectivity index (χ3v) is 3.30. The Labute approximate surface area is 104 Å². The van der Waals surface area contributed by atoms with Crippen LogP contribution in [0.25, 0.3) is 0 Å². The van der Waals surface area contributed by atoms with Gasteiger partial charge in [-0.05, 0) is 25.5 Å². The van der Waals surface area contributed by atoms with E-state index in [2.05, 4.69) is 5.32 Å². The van der Waals surface area contributed by atoms with Gasteiger partial charge in [-0.3, -0.25) is 9.59 Å². The van der Waals surface area contributed by atoms with E-state index in [0.717, 1.165) is 0 Å². The fourth-order valence-electron chi connectivity index (χ4n) is 1.28. The summed E-state index contributed by atoms with van der Waals surface area (Å²) in [5, 5.41) is 2.69. The number of carbonyl (C=O) groups excluding carboxylic acids is 2. The third kappa shape index (κ3) is 4.33. The maximum atomic E-state index is 11.6. The predicted octanol–water partition coefficient (Wildman–Crippen LogP) is 2.89. The summed E-state index contributed by atoms with van der Waals surface area (Å²) in [5.41, 5.74) is 0. The summed E-state index contributed by atoms with van der Waals surface area (Å²) < 4.78 is 0.618. The second kappa shape index (κ2) is 6.66. The van der Waals surface area contributed by atoms with Gasteiger partial charge in [0.05, 0.1) is 9.21 Å². The van der Waals surface area contributed by atoms with Gasteiger partial charge in [-0.1, -0.05) is 11.6 Å². The summed E-state index contributed by atoms with van der Waals surface area (Å²) in [4.78, 5) is 23.4. The second-order valence-corrected chi connectivity index (χ2v) is 5.05. The van der Waals surface area contributed by atoms with E-state index >= 15 is 0 Å². The zero-order chi connectivity index (χ0) is 12.0. The van der Waals surface area contributed by atoms with E-state index in [9.17, 15) is 9.59 Å². The van der Waals surface area contributed by atoms with Crippen molar-refractivity contribution < 1.29 is 9.59 Å². The van der Waals surface area contributed by atoms with Crippen molar-refractivity contribution in [1.29, 1.82) is 0 Å². The first-order valence-corrected chi connectivity index (χ1v) is 6.38. The lowest BCUT2D eigenvalue weighted by Crippen LogP contribution is -2.22. The van der Waals surface area contributed by atoms with Gasteiger partial charge in [0.2, 0.25) is 5.91 Å². The van der Waals surface area contributed by atoms with Crippen LogP contribution in [0.5, 0.6) is 0 Å². The van der Waals surface area contributed by atoms with Crippen molar-refractivity contribution in [2.75, 3.05) is 6.54 Å². The van der Waals surface area contributed by atoms with Crippen LogP contribution >= 0.6 is 22.9 Å². The molecule has 88 valence electrons. The van der Waals surface area contributed by atoms with Crippen molar-refractivity contribution in [3.8, 4) is 0 Å². The topological polar surface area (TPSA) is 46.2 Å². The Morgan fingerprint density at radius 2 is 2.12 bits per heavy atom. The number of nitrogens with one attached hydrogen (secondary N) is 1. The average molecular weight is 260 g/mol. The minimum Gasteiger partial charge on any atom is -0.356 e. The van der Waals surface area contributed by atoms with Crippen LogP contribution in [0, 0.1) is 0 Å². The van der Waals surface area contributed by atoms with E-state index in [0.29, 0.717) is 35.0 Å². The Balaban J connectivity index is 2.28. The summed E-state index contributed by atoms with van der Waals surface area (Å²) >= 11 is 7.01. The minimum atomic E-state index is -0.000452. The van der Waals surface area contributed by atoms with Gasteiger partial charge in [-0.15, -0.1) is 11.3 Å². The van der Waals surface area contributed by atoms with Crippen molar-refractivity contribution in [3.05, 3.63) is 21.3 Å². The van der Waals surface area contributed by atoms with Gasteiger partial charge in [0, 0.05) is 19.4 Å². The van der Waals surface area contributed by atoms with Crippen LogP contribution in [-0.2, 0) is 4.79 Å². The maximum absolute atomic E-state index is 11.6. The monoisotopic (exact) mass is 259 g/mol. The molecule has 1 aromatic heterocycles. The number of hydrogen-bond donors (Lipinski definition) is 1. The summed E-state index contributed by atoms with van der Waals surface area (Å²) in [6.45, 7) is 2.50. The molecule has 0 aliphatic rings. The molecule has 5 heteroatoms. The standard InChI is InChI=1S/C11H14ClNO2S/c1-2-13-11(15)5-3-4-8(14)9-6-7-10(12)16-9/h6-7H,2-5H2,1H3,(H,13,15). The largest absolute Gasteiger partial charge is 0.356 e. The molecule has 0 unspecified atom stereocenters. The molecule has 1 amide bonds. The maximum Gasteiger partial charge on any atom is 0.219 e. The lowest BCUT2D eigenvalue weighted by atomic mass is 10.1. The SMILES string of the molecule is CCNC(=O)CCCC(=O)c1ccc(Cl)s1. The molecule has 0 aromatic carbocycles. The molecule has 1 rings (SSSR count). The Hall–Kier alpha value is -0.870. The zero-order valence-electron chi connectivity index (χ0n) is 9.09. The molecule has 0 aliphatic heterocycles. The molecule has 3 nitrogen and oxygen atoms in total. The van der Waals surface area contributed by atoms with Gasteiger partial charge in [-0.25, -0.2) is 0 Å². The van der Waals surface area contributed by atoms with Gasteiger partial charge in [0.15, 0.2) is 5.78 Å². The molecule has 1 heterocycles. The lowest BCUT2D eigenvalue weighted by Gasteiger charge is -2.00. The van der Waals surface area contributed by atoms with Crippen molar-refractivity contribution in [2.24, 2.45) is 0 Å². The van der Waals surface area contributed by atoms with E-state index < -0.39 is 0 Å². The molecule has 0 aliphatic carbocycles. The summed E-state index contributed by atoms with van der Waals surface area (Å²) in [7, 11) is 0. The highest BCUT2D eigenvalue weighted by Crippen LogP contribution is 2.23. The Morgan fingerprint density at radius 3 is 2.69 bits per heavy atom. The Morgan fingerprint density at radius 1 is 1.38 bits per heavy atom. The minimum absolute atomic E-state index is 0.000452. The van der Waals surface area contributed by atoms with E-state index in [1.807, 2.05) is 6.92 Å². The van der Waals surface area contributed by atoms with Gasteiger partial charge in [0.25, 0.3) is 0 Å². The number of hydrogen-bond acceptors (Lipinski definition) is 3. The summed E-state index contributed by atoms with van der Waals surface area (Å²) in [5.74, 6) is 0.0562. The van der Waals surface area contributed by atoms with Crippen LogP contribution in [0.15, 0.2) is 12.1 Å². The third-order valence-electron chi connectivity index (χ3n) is 2.03. The number of halogens is 1. The number of thiophene rings is 1. The molecule has 0 atom stereocenters. The molecule has 0 saturated carbocycles. The normalized spacial score (nSPS) is 10.1. The molecular weight excluding hydrogens is 246 g/mol. The fraction of sp³-hybridized carbons (Fsp3) is 0.455. The highest BCUT2D eigenvalue weighted by atomic mass is 35.5. The van der Waals surface area contributed by atoms with Crippen LogP contribution in [0.2, 0.25) is 4.34 Å². The Bertz CT molecular complexity index is 376. The van der Waals surface area contributed by atoms with Crippen LogP contribution in [0.1, 0.15) is 35.9 Å². The van der Waals surface area contributed by atoms with E-state index in [4.69, 9.17) is 11.6 Å². The number of amides is 1. The molecule has 0 fully saturated rings. The summed E-state index contributed by atoms with van der Waals surface area (Å²) in [6.07, 6.45) is 1.38. The van der Waals surface area contributed by atoms with Crippen molar-refractivity contribution in [2.45, 2.75) is 26.2 Å². The van der Waals surface area contributed by atoms with Crippen LogP contribution < -0.4 is 5.32 Å². The highest BCUT2D eigenvalue weighted by Gasteiger charge is 2.09. The van der Waals surface area contributed by atoms with Gasteiger partial charge >= 0.3 is 0 Å². The van der Waals surface area contributed by atoms with Gasteiger partial charge in [-0.2, -0.15) is 0 Å². The van der Waals surface area contributed by atoms with Crippen LogP contribution in [-0.4, -0.2) is 18.2 Å². The zero-order valence-corrected chi connectivity index (χ0v) is 10.7. The highest BCUT2D eigenvalue weighted by molar-refractivity contribution is 7.18.